The maximum absolute atomic E-state index is 6.18. The second-order valence-electron chi connectivity index (χ2n) is 6.78. The number of hydrogen-bond acceptors (Lipinski definition) is 5. The van der Waals surface area contributed by atoms with Gasteiger partial charge in [0.2, 0.25) is 0 Å². The number of nitrogens with zero attached hydrogens (tertiary/aromatic N) is 1. The molecule has 2 aromatic carbocycles. The van der Waals surface area contributed by atoms with Crippen molar-refractivity contribution in [3.05, 3.63) is 102 Å². The molecule has 0 spiro atoms. The van der Waals surface area contributed by atoms with Crippen molar-refractivity contribution < 1.29 is 18.9 Å². The number of rotatable bonds is 7. The molecule has 0 aliphatic heterocycles. The Kier molecular flexibility index (Phi) is 5.99. The van der Waals surface area contributed by atoms with Gasteiger partial charge in [-0.25, -0.2) is 0 Å². The van der Waals surface area contributed by atoms with E-state index in [1.165, 1.54) is 0 Å². The normalized spacial score (nSPS) is 15.6. The molecule has 1 atom stereocenters. The summed E-state index contributed by atoms with van der Waals surface area (Å²) in [6.07, 6.45) is 6.44. The zero-order valence-corrected chi connectivity index (χ0v) is 16.9. The number of para-hydroxylation sites is 2. The first kappa shape index (κ1) is 19.6. The van der Waals surface area contributed by atoms with Crippen LogP contribution < -0.4 is 18.9 Å². The van der Waals surface area contributed by atoms with Crippen LogP contribution in [0.3, 0.4) is 0 Å². The van der Waals surface area contributed by atoms with E-state index in [9.17, 15) is 0 Å². The zero-order valence-electron chi connectivity index (χ0n) is 16.9. The Morgan fingerprint density at radius 1 is 0.800 bits per heavy atom. The van der Waals surface area contributed by atoms with E-state index in [4.69, 9.17) is 18.9 Å². The van der Waals surface area contributed by atoms with Crippen LogP contribution in [0.4, 0.5) is 0 Å². The molecule has 4 rings (SSSR count). The molecular weight excluding hydrogens is 378 g/mol. The lowest BCUT2D eigenvalue weighted by atomic mass is 9.94. The Morgan fingerprint density at radius 2 is 1.60 bits per heavy atom. The third kappa shape index (κ3) is 4.63. The molecule has 152 valence electrons. The predicted molar refractivity (Wildman–Crippen MR) is 115 cm³/mol. The molecule has 5 nitrogen and oxygen atoms in total. The van der Waals surface area contributed by atoms with Crippen LogP contribution in [0.5, 0.6) is 23.0 Å². The second kappa shape index (κ2) is 9.18. The topological polar surface area (TPSA) is 49.8 Å². The van der Waals surface area contributed by atoms with Crippen LogP contribution in [0.15, 0.2) is 96.6 Å². The molecule has 30 heavy (non-hydrogen) atoms. The summed E-state index contributed by atoms with van der Waals surface area (Å²) >= 11 is 0. The zero-order chi connectivity index (χ0) is 20.8. The van der Waals surface area contributed by atoms with Gasteiger partial charge in [0.25, 0.3) is 0 Å². The minimum absolute atomic E-state index is 0.0292. The molecule has 0 radical (unpaired) electrons. The van der Waals surface area contributed by atoms with Crippen LogP contribution in [0, 0.1) is 0 Å². The number of methoxy groups -OCH3 is 2. The van der Waals surface area contributed by atoms with Gasteiger partial charge >= 0.3 is 0 Å². The van der Waals surface area contributed by atoms with Crippen molar-refractivity contribution in [1.82, 2.24) is 4.98 Å². The smallest absolute Gasteiger partial charge is 0.169 e. The van der Waals surface area contributed by atoms with Crippen molar-refractivity contribution in [2.24, 2.45) is 0 Å². The molecule has 1 aliphatic rings. The van der Waals surface area contributed by atoms with Gasteiger partial charge in [-0.3, -0.25) is 4.98 Å². The van der Waals surface area contributed by atoms with Crippen molar-refractivity contribution >= 4 is 0 Å². The second-order valence-corrected chi connectivity index (χ2v) is 6.78. The maximum atomic E-state index is 6.18. The Morgan fingerprint density at radius 3 is 2.37 bits per heavy atom. The highest BCUT2D eigenvalue weighted by Crippen LogP contribution is 2.35. The van der Waals surface area contributed by atoms with E-state index in [-0.39, 0.29) is 5.92 Å². The van der Waals surface area contributed by atoms with Crippen LogP contribution in [0.2, 0.25) is 0 Å². The van der Waals surface area contributed by atoms with Crippen molar-refractivity contribution in [3.63, 3.8) is 0 Å². The Labute approximate surface area is 176 Å². The van der Waals surface area contributed by atoms with Crippen molar-refractivity contribution in [1.29, 1.82) is 0 Å². The highest BCUT2D eigenvalue weighted by Gasteiger charge is 2.21. The highest BCUT2D eigenvalue weighted by atomic mass is 16.5. The number of benzene rings is 2. The third-order valence-electron chi connectivity index (χ3n) is 4.74. The van der Waals surface area contributed by atoms with Gasteiger partial charge in [-0.05, 0) is 42.5 Å². The Hall–Kier alpha value is -3.73. The summed E-state index contributed by atoms with van der Waals surface area (Å²) in [7, 11) is 3.26. The van der Waals surface area contributed by atoms with E-state index < -0.39 is 0 Å². The summed E-state index contributed by atoms with van der Waals surface area (Å²) in [5.41, 5.74) is 0.957. The fourth-order valence-corrected chi connectivity index (χ4v) is 3.31. The Balaban J connectivity index is 1.64. The van der Waals surface area contributed by atoms with Gasteiger partial charge in [-0.1, -0.05) is 24.3 Å². The molecule has 1 heterocycles. The fraction of sp³-hybridized carbons (Fsp3) is 0.160. The monoisotopic (exact) mass is 401 g/mol. The largest absolute Gasteiger partial charge is 0.497 e. The van der Waals surface area contributed by atoms with Gasteiger partial charge in [0.1, 0.15) is 23.0 Å². The van der Waals surface area contributed by atoms with Crippen LogP contribution in [-0.4, -0.2) is 19.2 Å². The maximum Gasteiger partial charge on any atom is 0.169 e. The summed E-state index contributed by atoms with van der Waals surface area (Å²) in [5.74, 6) is 4.25. The highest BCUT2D eigenvalue weighted by molar-refractivity contribution is 5.43. The van der Waals surface area contributed by atoms with Gasteiger partial charge in [0, 0.05) is 36.4 Å². The fourth-order valence-electron chi connectivity index (χ4n) is 3.31. The number of allylic oxidation sites excluding steroid dienone is 3. The lowest BCUT2D eigenvalue weighted by molar-refractivity contribution is 0.349. The van der Waals surface area contributed by atoms with Crippen LogP contribution in [-0.2, 0) is 0 Å². The van der Waals surface area contributed by atoms with Gasteiger partial charge < -0.3 is 18.9 Å². The number of aromatic nitrogens is 1. The molecular formula is C25H23NO4. The van der Waals surface area contributed by atoms with E-state index in [2.05, 4.69) is 11.1 Å². The first-order chi connectivity index (χ1) is 14.7. The van der Waals surface area contributed by atoms with Crippen LogP contribution in [0.25, 0.3) is 0 Å². The molecule has 1 unspecified atom stereocenters. The standard InChI is InChI=1S/C25H23NO4/c1-27-19-8-7-9-20(16-19)29-21-14-18(23-10-5-6-13-26-23)15-22(17-21)30-25-12-4-3-11-24(25)28-2/h3-13,15-18H,14H2,1-2H3. The van der Waals surface area contributed by atoms with E-state index in [0.717, 1.165) is 17.2 Å². The Bertz CT molecular complexity index is 1060. The van der Waals surface area contributed by atoms with Crippen molar-refractivity contribution in [3.8, 4) is 23.0 Å². The van der Waals surface area contributed by atoms with Gasteiger partial charge in [0.05, 0.1) is 14.2 Å². The molecule has 0 N–H and O–H groups in total. The van der Waals surface area contributed by atoms with Crippen LogP contribution >= 0.6 is 0 Å². The van der Waals surface area contributed by atoms with Crippen molar-refractivity contribution in [2.75, 3.05) is 14.2 Å². The lowest BCUT2D eigenvalue weighted by Gasteiger charge is -2.22. The molecule has 0 fully saturated rings. The average Bonchev–Trinajstić information content (AvgIpc) is 2.80. The average molecular weight is 401 g/mol. The quantitative estimate of drug-likeness (QED) is 0.522. The molecule has 0 amide bonds. The summed E-state index contributed by atoms with van der Waals surface area (Å²) in [6.45, 7) is 0. The lowest BCUT2D eigenvalue weighted by Crippen LogP contribution is -2.12. The first-order valence-electron chi connectivity index (χ1n) is 9.71. The summed E-state index contributed by atoms with van der Waals surface area (Å²) in [5, 5.41) is 0. The predicted octanol–water partition coefficient (Wildman–Crippen LogP) is 5.51. The minimum atomic E-state index is 0.0292. The van der Waals surface area contributed by atoms with E-state index in [1.807, 2.05) is 72.8 Å². The van der Waals surface area contributed by atoms with Gasteiger partial charge in [0.15, 0.2) is 11.5 Å². The van der Waals surface area contributed by atoms with Gasteiger partial charge in [-0.15, -0.1) is 0 Å². The minimum Gasteiger partial charge on any atom is -0.497 e. The van der Waals surface area contributed by atoms with Crippen LogP contribution in [0.1, 0.15) is 18.0 Å². The molecule has 3 aromatic rings. The van der Waals surface area contributed by atoms with E-state index >= 15 is 0 Å². The molecule has 0 bridgehead atoms. The molecule has 1 aliphatic carbocycles. The SMILES string of the molecule is COc1cccc(OC2=CC(Oc3ccccc3OC)=CC(c3ccccn3)C2)c1. The van der Waals surface area contributed by atoms with Crippen molar-refractivity contribution in [2.45, 2.75) is 12.3 Å². The molecule has 5 heteroatoms. The van der Waals surface area contributed by atoms with E-state index in [0.29, 0.717) is 29.4 Å². The summed E-state index contributed by atoms with van der Waals surface area (Å²) < 4.78 is 23.1. The number of ether oxygens (including phenoxy) is 4. The number of pyridine rings is 1. The van der Waals surface area contributed by atoms with E-state index in [1.54, 1.807) is 20.4 Å². The van der Waals surface area contributed by atoms with Gasteiger partial charge in [-0.2, -0.15) is 0 Å². The molecule has 0 saturated carbocycles. The summed E-state index contributed by atoms with van der Waals surface area (Å²) in [4.78, 5) is 4.52. The first-order valence-corrected chi connectivity index (χ1v) is 9.71. The summed E-state index contributed by atoms with van der Waals surface area (Å²) in [6, 6.07) is 21.0. The number of hydrogen-bond donors (Lipinski definition) is 0. The third-order valence-corrected chi connectivity index (χ3v) is 4.74. The molecule has 1 aromatic heterocycles. The molecule has 0 saturated heterocycles.